The molecule has 1 heterocycles. The number of para-hydroxylation sites is 1. The van der Waals surface area contributed by atoms with Gasteiger partial charge in [-0.25, -0.2) is 9.78 Å². The number of hydrogen-bond donors (Lipinski definition) is 1. The van der Waals surface area contributed by atoms with Gasteiger partial charge in [0.2, 0.25) is 0 Å². The third kappa shape index (κ3) is 2.02. The summed E-state index contributed by atoms with van der Waals surface area (Å²) in [6, 6.07) is 12.7. The van der Waals surface area contributed by atoms with Crippen molar-refractivity contribution in [1.29, 1.82) is 0 Å². The molecular weight excluding hydrogens is 308 g/mol. The molecule has 5 heteroatoms. The molecule has 0 fully saturated rings. The van der Waals surface area contributed by atoms with E-state index in [-0.39, 0.29) is 5.56 Å². The van der Waals surface area contributed by atoms with Crippen LogP contribution >= 0.6 is 15.9 Å². The Labute approximate surface area is 117 Å². The largest absolute Gasteiger partial charge is 0.478 e. The Balaban J connectivity index is 2.30. The number of imidazole rings is 1. The smallest absolute Gasteiger partial charge is 0.337 e. The summed E-state index contributed by atoms with van der Waals surface area (Å²) < 4.78 is 2.75. The number of carboxylic acids is 1. The molecule has 3 rings (SSSR count). The Kier molecular flexibility index (Phi) is 2.83. The van der Waals surface area contributed by atoms with E-state index in [1.54, 1.807) is 29.1 Å². The zero-order chi connectivity index (χ0) is 13.4. The first-order valence-corrected chi connectivity index (χ1v) is 6.41. The van der Waals surface area contributed by atoms with Gasteiger partial charge in [0.05, 0.1) is 16.6 Å². The van der Waals surface area contributed by atoms with Gasteiger partial charge in [0.15, 0.2) is 0 Å². The van der Waals surface area contributed by atoms with Gasteiger partial charge in [0, 0.05) is 10.2 Å². The zero-order valence-electron chi connectivity index (χ0n) is 9.75. The number of aromatic nitrogens is 2. The Morgan fingerprint density at radius 3 is 2.58 bits per heavy atom. The van der Waals surface area contributed by atoms with E-state index in [2.05, 4.69) is 20.9 Å². The summed E-state index contributed by atoms with van der Waals surface area (Å²) >= 11 is 3.38. The predicted molar refractivity (Wildman–Crippen MR) is 75.7 cm³/mol. The van der Waals surface area contributed by atoms with Gasteiger partial charge >= 0.3 is 5.97 Å². The number of nitrogens with zero attached hydrogens (tertiary/aromatic N) is 2. The average Bonchev–Trinajstić information content (AvgIpc) is 2.83. The lowest BCUT2D eigenvalue weighted by atomic mass is 10.2. The average molecular weight is 317 g/mol. The summed E-state index contributed by atoms with van der Waals surface area (Å²) in [6.45, 7) is 0. The van der Waals surface area contributed by atoms with Crippen LogP contribution in [-0.2, 0) is 0 Å². The normalized spacial score (nSPS) is 10.8. The highest BCUT2D eigenvalue weighted by atomic mass is 79.9. The summed E-state index contributed by atoms with van der Waals surface area (Å²) in [4.78, 5) is 15.6. The van der Waals surface area contributed by atoms with Gasteiger partial charge in [-0.3, -0.25) is 4.57 Å². The van der Waals surface area contributed by atoms with Crippen LogP contribution in [0.5, 0.6) is 0 Å². The molecule has 1 N–H and O–H groups in total. The predicted octanol–water partition coefficient (Wildman–Crippen LogP) is 3.49. The van der Waals surface area contributed by atoms with Gasteiger partial charge in [-0.05, 0) is 36.4 Å². The molecular formula is C14H9BrN2O2. The van der Waals surface area contributed by atoms with Crippen molar-refractivity contribution in [1.82, 2.24) is 9.55 Å². The van der Waals surface area contributed by atoms with Crippen molar-refractivity contribution in [3.05, 3.63) is 58.8 Å². The number of rotatable bonds is 2. The lowest BCUT2D eigenvalue weighted by Crippen LogP contribution is -2.01. The van der Waals surface area contributed by atoms with Crippen molar-refractivity contribution >= 4 is 32.9 Å². The lowest BCUT2D eigenvalue weighted by molar-refractivity contribution is 0.0698. The molecule has 0 amide bonds. The molecule has 0 aliphatic carbocycles. The van der Waals surface area contributed by atoms with E-state index in [1.165, 1.54) is 0 Å². The molecule has 0 aliphatic rings. The molecule has 0 spiro atoms. The number of carboxylic acid groups (broad SMARTS) is 1. The minimum atomic E-state index is -0.954. The van der Waals surface area contributed by atoms with Crippen molar-refractivity contribution in [3.63, 3.8) is 0 Å². The Morgan fingerprint density at radius 2 is 1.89 bits per heavy atom. The molecule has 4 nitrogen and oxygen atoms in total. The molecule has 19 heavy (non-hydrogen) atoms. The molecule has 0 radical (unpaired) electrons. The molecule has 0 atom stereocenters. The second-order valence-corrected chi connectivity index (χ2v) is 4.99. The van der Waals surface area contributed by atoms with Crippen LogP contribution in [0, 0.1) is 0 Å². The van der Waals surface area contributed by atoms with Crippen molar-refractivity contribution in [3.8, 4) is 5.69 Å². The monoisotopic (exact) mass is 316 g/mol. The van der Waals surface area contributed by atoms with Gasteiger partial charge in [0.1, 0.15) is 6.33 Å². The zero-order valence-corrected chi connectivity index (χ0v) is 11.3. The van der Waals surface area contributed by atoms with Gasteiger partial charge in [-0.15, -0.1) is 0 Å². The molecule has 0 unspecified atom stereocenters. The molecule has 1 aromatic heterocycles. The third-order valence-electron chi connectivity index (χ3n) is 2.90. The molecule has 0 saturated heterocycles. The number of halogens is 1. The quantitative estimate of drug-likeness (QED) is 0.787. The second-order valence-electron chi connectivity index (χ2n) is 4.07. The number of carbonyl (C=O) groups is 1. The van der Waals surface area contributed by atoms with Crippen LogP contribution in [0.4, 0.5) is 0 Å². The molecule has 94 valence electrons. The topological polar surface area (TPSA) is 55.1 Å². The van der Waals surface area contributed by atoms with E-state index in [0.29, 0.717) is 11.0 Å². The van der Waals surface area contributed by atoms with E-state index >= 15 is 0 Å². The van der Waals surface area contributed by atoms with Gasteiger partial charge < -0.3 is 5.11 Å². The van der Waals surface area contributed by atoms with Crippen LogP contribution in [-0.4, -0.2) is 20.6 Å². The molecule has 0 bridgehead atoms. The van der Waals surface area contributed by atoms with Crippen LogP contribution in [0.25, 0.3) is 16.7 Å². The summed E-state index contributed by atoms with van der Waals surface area (Å²) in [7, 11) is 0. The summed E-state index contributed by atoms with van der Waals surface area (Å²) in [5, 5.41) is 9.27. The maximum atomic E-state index is 11.3. The molecule has 0 aliphatic heterocycles. The van der Waals surface area contributed by atoms with E-state index in [4.69, 9.17) is 0 Å². The molecule has 2 aromatic carbocycles. The van der Waals surface area contributed by atoms with Gasteiger partial charge in [-0.2, -0.15) is 0 Å². The summed E-state index contributed by atoms with van der Waals surface area (Å²) in [6.07, 6.45) is 1.64. The van der Waals surface area contributed by atoms with Crippen molar-refractivity contribution in [2.45, 2.75) is 0 Å². The number of hydrogen-bond acceptors (Lipinski definition) is 2. The maximum absolute atomic E-state index is 11.3. The first kappa shape index (κ1) is 11.9. The fourth-order valence-corrected chi connectivity index (χ4v) is 2.30. The Bertz CT molecular complexity index is 763. The van der Waals surface area contributed by atoms with E-state index in [9.17, 15) is 9.90 Å². The first-order chi connectivity index (χ1) is 9.16. The van der Waals surface area contributed by atoms with Crippen molar-refractivity contribution in [2.24, 2.45) is 0 Å². The molecule has 3 aromatic rings. The van der Waals surface area contributed by atoms with Crippen LogP contribution in [0.1, 0.15) is 10.4 Å². The summed E-state index contributed by atoms with van der Waals surface area (Å²) in [5.74, 6) is -0.954. The third-order valence-corrected chi connectivity index (χ3v) is 3.43. The van der Waals surface area contributed by atoms with E-state index in [0.717, 1.165) is 10.2 Å². The standard InChI is InChI=1S/C14H9BrN2O2/c15-9-4-6-10(7-5-9)17-8-16-12-3-1-2-11(13(12)17)14(18)19/h1-8H,(H,18,19). The first-order valence-electron chi connectivity index (χ1n) is 5.62. The highest BCUT2D eigenvalue weighted by Gasteiger charge is 2.13. The fraction of sp³-hybridized carbons (Fsp3) is 0. The van der Waals surface area contributed by atoms with Crippen LogP contribution < -0.4 is 0 Å². The van der Waals surface area contributed by atoms with Crippen molar-refractivity contribution in [2.75, 3.05) is 0 Å². The van der Waals surface area contributed by atoms with Crippen LogP contribution in [0.15, 0.2) is 53.3 Å². The van der Waals surface area contributed by atoms with Crippen LogP contribution in [0.2, 0.25) is 0 Å². The highest BCUT2D eigenvalue weighted by molar-refractivity contribution is 9.10. The van der Waals surface area contributed by atoms with Gasteiger partial charge in [0.25, 0.3) is 0 Å². The maximum Gasteiger partial charge on any atom is 0.337 e. The Hall–Kier alpha value is -2.14. The number of aromatic carboxylic acids is 1. The molecule has 0 saturated carbocycles. The van der Waals surface area contributed by atoms with E-state index in [1.807, 2.05) is 24.3 Å². The van der Waals surface area contributed by atoms with E-state index < -0.39 is 5.97 Å². The minimum Gasteiger partial charge on any atom is -0.478 e. The highest BCUT2D eigenvalue weighted by Crippen LogP contribution is 2.23. The fourth-order valence-electron chi connectivity index (χ4n) is 2.04. The number of benzene rings is 2. The van der Waals surface area contributed by atoms with Crippen molar-refractivity contribution < 1.29 is 9.90 Å². The lowest BCUT2D eigenvalue weighted by Gasteiger charge is -2.06. The summed E-state index contributed by atoms with van der Waals surface area (Å²) in [5.41, 5.74) is 2.40. The second kappa shape index (κ2) is 4.51. The SMILES string of the molecule is O=C(O)c1cccc2ncn(-c3ccc(Br)cc3)c12. The van der Waals surface area contributed by atoms with Crippen LogP contribution in [0.3, 0.4) is 0 Å². The van der Waals surface area contributed by atoms with Gasteiger partial charge in [-0.1, -0.05) is 22.0 Å². The number of fused-ring (bicyclic) bond motifs is 1. The minimum absolute atomic E-state index is 0.248. The Morgan fingerprint density at radius 1 is 1.16 bits per heavy atom.